The average molecular weight is 220 g/mol. The second-order valence-electron chi connectivity index (χ2n) is 4.34. The lowest BCUT2D eigenvalue weighted by molar-refractivity contribution is 0.322. The quantitative estimate of drug-likeness (QED) is 0.809. The summed E-state index contributed by atoms with van der Waals surface area (Å²) in [6.45, 7) is 2.24. The lowest BCUT2D eigenvalue weighted by Crippen LogP contribution is -2.31. The maximum Gasteiger partial charge on any atom is 0.127 e. The number of hydrogen-bond donors (Lipinski definition) is 2. The molecule has 1 aromatic heterocycles. The average Bonchev–Trinajstić information content (AvgIpc) is 2.72. The minimum absolute atomic E-state index is 0.672. The molecule has 4 nitrogen and oxygen atoms in total. The lowest BCUT2D eigenvalue weighted by atomic mass is 10.2. The number of nitrogens with one attached hydrogen (secondary N) is 2. The first-order valence-corrected chi connectivity index (χ1v) is 5.87. The van der Waals surface area contributed by atoms with E-state index in [2.05, 4.69) is 27.6 Å². The Morgan fingerprint density at radius 3 is 3.12 bits per heavy atom. The van der Waals surface area contributed by atoms with Crippen molar-refractivity contribution in [2.45, 2.75) is 18.9 Å². The van der Waals surface area contributed by atoms with Crippen molar-refractivity contribution >= 4 is 11.5 Å². The van der Waals surface area contributed by atoms with Crippen LogP contribution in [-0.4, -0.2) is 43.1 Å². The largest absolute Gasteiger partial charge is 0.383 e. The molecule has 1 atom stereocenters. The number of rotatable bonds is 4. The Hall–Kier alpha value is -1.29. The van der Waals surface area contributed by atoms with E-state index in [0.717, 1.165) is 18.1 Å². The SMILES string of the molecule is CNc1cc(NCC2CCCN2C)ccn1. The first-order valence-electron chi connectivity index (χ1n) is 5.87. The third-order valence-corrected chi connectivity index (χ3v) is 3.23. The standard InChI is InChI=1S/C12H20N4/c1-13-12-8-10(5-6-14-12)15-9-11-4-3-7-16(11)2/h5-6,8,11H,3-4,7,9H2,1-2H3,(H2,13,14,15). The van der Waals surface area contributed by atoms with Crippen LogP contribution in [0.5, 0.6) is 0 Å². The van der Waals surface area contributed by atoms with Crippen LogP contribution in [0.3, 0.4) is 0 Å². The third kappa shape index (κ3) is 2.64. The van der Waals surface area contributed by atoms with Crippen LogP contribution in [-0.2, 0) is 0 Å². The minimum atomic E-state index is 0.672. The highest BCUT2D eigenvalue weighted by molar-refractivity contribution is 5.51. The monoisotopic (exact) mass is 220 g/mol. The molecule has 2 N–H and O–H groups in total. The Labute approximate surface area is 97.1 Å². The fraction of sp³-hybridized carbons (Fsp3) is 0.583. The van der Waals surface area contributed by atoms with Crippen LogP contribution < -0.4 is 10.6 Å². The van der Waals surface area contributed by atoms with Gasteiger partial charge in [0, 0.05) is 37.6 Å². The summed E-state index contributed by atoms with van der Waals surface area (Å²) in [4.78, 5) is 6.61. The van der Waals surface area contributed by atoms with E-state index in [9.17, 15) is 0 Å². The number of likely N-dealkylation sites (N-methyl/N-ethyl adjacent to an activating group) is 1. The minimum Gasteiger partial charge on any atom is -0.383 e. The molecule has 16 heavy (non-hydrogen) atoms. The zero-order valence-corrected chi connectivity index (χ0v) is 10.0. The van der Waals surface area contributed by atoms with Gasteiger partial charge in [0.2, 0.25) is 0 Å². The Balaban J connectivity index is 1.88. The zero-order valence-electron chi connectivity index (χ0n) is 10.0. The molecular weight excluding hydrogens is 200 g/mol. The van der Waals surface area contributed by atoms with Gasteiger partial charge in [0.25, 0.3) is 0 Å². The first kappa shape index (κ1) is 11.2. The van der Waals surface area contributed by atoms with Crippen molar-refractivity contribution in [1.29, 1.82) is 0 Å². The summed E-state index contributed by atoms with van der Waals surface area (Å²) in [6.07, 6.45) is 4.45. The highest BCUT2D eigenvalue weighted by Crippen LogP contribution is 2.16. The number of pyridine rings is 1. The van der Waals surface area contributed by atoms with Crippen molar-refractivity contribution in [2.75, 3.05) is 37.8 Å². The number of hydrogen-bond acceptors (Lipinski definition) is 4. The zero-order chi connectivity index (χ0) is 11.4. The Morgan fingerprint density at radius 1 is 1.56 bits per heavy atom. The molecule has 0 radical (unpaired) electrons. The number of nitrogens with zero attached hydrogens (tertiary/aromatic N) is 2. The van der Waals surface area contributed by atoms with Crippen molar-refractivity contribution in [1.82, 2.24) is 9.88 Å². The van der Waals surface area contributed by atoms with Gasteiger partial charge in [0.1, 0.15) is 5.82 Å². The molecule has 0 aromatic carbocycles. The third-order valence-electron chi connectivity index (χ3n) is 3.23. The molecule has 1 aromatic rings. The smallest absolute Gasteiger partial charge is 0.127 e. The Kier molecular flexibility index (Phi) is 3.62. The summed E-state index contributed by atoms with van der Waals surface area (Å²) in [6, 6.07) is 4.72. The summed E-state index contributed by atoms with van der Waals surface area (Å²) >= 11 is 0. The van der Waals surface area contributed by atoms with Gasteiger partial charge in [0.15, 0.2) is 0 Å². The molecule has 1 aliphatic heterocycles. The van der Waals surface area contributed by atoms with E-state index in [1.807, 2.05) is 25.4 Å². The number of anilines is 2. The van der Waals surface area contributed by atoms with Crippen molar-refractivity contribution in [3.05, 3.63) is 18.3 Å². The van der Waals surface area contributed by atoms with Crippen molar-refractivity contribution < 1.29 is 0 Å². The van der Waals surface area contributed by atoms with Crippen molar-refractivity contribution in [3.8, 4) is 0 Å². The lowest BCUT2D eigenvalue weighted by Gasteiger charge is -2.20. The maximum absolute atomic E-state index is 4.19. The van der Waals surface area contributed by atoms with Gasteiger partial charge >= 0.3 is 0 Å². The van der Waals surface area contributed by atoms with Crippen LogP contribution >= 0.6 is 0 Å². The second-order valence-corrected chi connectivity index (χ2v) is 4.34. The van der Waals surface area contributed by atoms with Crippen LogP contribution in [0.2, 0.25) is 0 Å². The van der Waals surface area contributed by atoms with Crippen LogP contribution in [0.15, 0.2) is 18.3 Å². The Bertz CT molecular complexity index is 340. The molecule has 2 heterocycles. The fourth-order valence-electron chi connectivity index (χ4n) is 2.15. The number of aromatic nitrogens is 1. The van der Waals surface area contributed by atoms with Gasteiger partial charge in [-0.25, -0.2) is 4.98 Å². The summed E-state index contributed by atoms with van der Waals surface area (Å²) in [5, 5.41) is 6.51. The highest BCUT2D eigenvalue weighted by atomic mass is 15.2. The summed E-state index contributed by atoms with van der Waals surface area (Å²) < 4.78 is 0. The van der Waals surface area contributed by atoms with Gasteiger partial charge in [-0.15, -0.1) is 0 Å². The summed E-state index contributed by atoms with van der Waals surface area (Å²) in [5.74, 6) is 0.907. The van der Waals surface area contributed by atoms with Crippen LogP contribution in [0.25, 0.3) is 0 Å². The number of likely N-dealkylation sites (tertiary alicyclic amines) is 1. The predicted molar refractivity (Wildman–Crippen MR) is 67.9 cm³/mol. The van der Waals surface area contributed by atoms with E-state index in [-0.39, 0.29) is 0 Å². The van der Waals surface area contributed by atoms with Crippen molar-refractivity contribution in [2.24, 2.45) is 0 Å². The maximum atomic E-state index is 4.19. The van der Waals surface area contributed by atoms with Gasteiger partial charge in [-0.05, 0) is 32.5 Å². The fourth-order valence-corrected chi connectivity index (χ4v) is 2.15. The van der Waals surface area contributed by atoms with E-state index >= 15 is 0 Å². The molecule has 0 aliphatic carbocycles. The highest BCUT2D eigenvalue weighted by Gasteiger charge is 2.19. The first-order chi connectivity index (χ1) is 7.79. The summed E-state index contributed by atoms with van der Waals surface area (Å²) in [5.41, 5.74) is 1.14. The molecular formula is C12H20N4. The second kappa shape index (κ2) is 5.16. The molecule has 88 valence electrons. The molecule has 0 spiro atoms. The molecule has 0 saturated carbocycles. The molecule has 0 bridgehead atoms. The van der Waals surface area contributed by atoms with E-state index in [1.54, 1.807) is 0 Å². The van der Waals surface area contributed by atoms with Gasteiger partial charge in [0.05, 0.1) is 0 Å². The summed E-state index contributed by atoms with van der Waals surface area (Å²) in [7, 11) is 4.09. The van der Waals surface area contributed by atoms with E-state index in [4.69, 9.17) is 0 Å². The molecule has 2 rings (SSSR count). The molecule has 1 saturated heterocycles. The van der Waals surface area contributed by atoms with E-state index < -0.39 is 0 Å². The Morgan fingerprint density at radius 2 is 2.44 bits per heavy atom. The van der Waals surface area contributed by atoms with E-state index in [0.29, 0.717) is 6.04 Å². The van der Waals surface area contributed by atoms with E-state index in [1.165, 1.54) is 19.4 Å². The van der Waals surface area contributed by atoms with Crippen molar-refractivity contribution in [3.63, 3.8) is 0 Å². The topological polar surface area (TPSA) is 40.2 Å². The van der Waals surface area contributed by atoms with Crippen LogP contribution in [0, 0.1) is 0 Å². The van der Waals surface area contributed by atoms with Gasteiger partial charge in [-0.1, -0.05) is 0 Å². The van der Waals surface area contributed by atoms with Gasteiger partial charge in [-0.3, -0.25) is 0 Å². The van der Waals surface area contributed by atoms with Gasteiger partial charge < -0.3 is 15.5 Å². The molecule has 1 aliphatic rings. The molecule has 0 amide bonds. The molecule has 1 fully saturated rings. The van der Waals surface area contributed by atoms with Gasteiger partial charge in [-0.2, -0.15) is 0 Å². The molecule has 1 unspecified atom stereocenters. The predicted octanol–water partition coefficient (Wildman–Crippen LogP) is 1.63. The van der Waals surface area contributed by atoms with Crippen LogP contribution in [0.4, 0.5) is 11.5 Å². The molecule has 4 heteroatoms. The van der Waals surface area contributed by atoms with Crippen LogP contribution in [0.1, 0.15) is 12.8 Å². The normalized spacial score (nSPS) is 21.0.